The highest BCUT2D eigenvalue weighted by Gasteiger charge is 2.25. The number of phenols is 4. The van der Waals surface area contributed by atoms with Gasteiger partial charge in [-0.25, -0.2) is 4.79 Å². The lowest BCUT2D eigenvalue weighted by atomic mass is 10.1. The fraction of sp³-hybridized carbons (Fsp3) is 0.238. The molecule has 3 rings (SSSR count). The minimum Gasteiger partial charge on any atom is -0.508 e. The van der Waals surface area contributed by atoms with Crippen molar-refractivity contribution in [3.05, 3.63) is 40.6 Å². The lowest BCUT2D eigenvalue weighted by Gasteiger charge is -2.14. The zero-order valence-electron chi connectivity index (χ0n) is 16.4. The summed E-state index contributed by atoms with van der Waals surface area (Å²) in [5.74, 6) is -3.57. The largest absolute Gasteiger partial charge is 0.508 e. The molecule has 0 aliphatic carbocycles. The second kappa shape index (κ2) is 8.94. The highest BCUT2D eigenvalue weighted by atomic mass is 16.5. The first-order valence-corrected chi connectivity index (χ1v) is 9.45. The average Bonchev–Trinajstić information content (AvgIpc) is 2.71. The maximum atomic E-state index is 13.1. The van der Waals surface area contributed by atoms with Gasteiger partial charge in [0.1, 0.15) is 28.5 Å². The summed E-state index contributed by atoms with van der Waals surface area (Å²) in [6, 6.07) is 4.58. The normalized spacial score (nSPS) is 12.1. The predicted molar refractivity (Wildman–Crippen MR) is 111 cm³/mol. The summed E-state index contributed by atoms with van der Waals surface area (Å²) in [4.78, 5) is 25.6. The van der Waals surface area contributed by atoms with Crippen LogP contribution in [0.25, 0.3) is 22.3 Å². The molecule has 0 fully saturated rings. The van der Waals surface area contributed by atoms with Crippen LogP contribution in [0.2, 0.25) is 0 Å². The molecule has 0 bridgehead atoms. The Morgan fingerprint density at radius 1 is 1.03 bits per heavy atom. The fourth-order valence-electron chi connectivity index (χ4n) is 3.02. The summed E-state index contributed by atoms with van der Waals surface area (Å²) in [5.41, 5.74) is 10.3. The second-order valence-electron chi connectivity index (χ2n) is 6.94. The molecule has 0 saturated carbocycles. The van der Waals surface area contributed by atoms with Gasteiger partial charge in [-0.3, -0.25) is 4.79 Å². The number of carbonyl (C=O) groups is 1. The summed E-state index contributed by atoms with van der Waals surface area (Å²) in [6.07, 6.45) is 1.52. The maximum Gasteiger partial charge on any atom is 0.328 e. The molecule has 0 aliphatic heterocycles. The van der Waals surface area contributed by atoms with E-state index >= 15 is 0 Å². The summed E-state index contributed by atoms with van der Waals surface area (Å²) >= 11 is 0. The van der Waals surface area contributed by atoms with Crippen molar-refractivity contribution in [2.24, 2.45) is 11.5 Å². The Balaban J connectivity index is 2.15. The average molecular weight is 430 g/mol. The van der Waals surface area contributed by atoms with Gasteiger partial charge in [-0.1, -0.05) is 6.42 Å². The molecule has 0 amide bonds. The lowest BCUT2D eigenvalue weighted by molar-refractivity contribution is -0.136. The highest BCUT2D eigenvalue weighted by molar-refractivity contribution is 5.90. The molecule has 0 radical (unpaired) electrons. The van der Waals surface area contributed by atoms with Crippen LogP contribution in [-0.4, -0.2) is 39.0 Å². The number of unbranched alkanes of at least 4 members (excludes halogenated alkanes) is 1. The van der Waals surface area contributed by atoms with Crippen molar-refractivity contribution in [3.8, 4) is 40.1 Å². The fourth-order valence-corrected chi connectivity index (χ4v) is 3.02. The van der Waals surface area contributed by atoms with E-state index in [4.69, 9.17) is 20.6 Å². The molecule has 3 aromatic rings. The van der Waals surface area contributed by atoms with E-state index < -0.39 is 40.4 Å². The summed E-state index contributed by atoms with van der Waals surface area (Å²) < 4.78 is 10.9. The highest BCUT2D eigenvalue weighted by Crippen LogP contribution is 2.38. The van der Waals surface area contributed by atoms with Crippen LogP contribution in [-0.2, 0) is 4.79 Å². The molecule has 2 aromatic carbocycles. The first-order chi connectivity index (χ1) is 14.7. The van der Waals surface area contributed by atoms with Crippen molar-refractivity contribution in [1.29, 1.82) is 0 Å². The smallest absolute Gasteiger partial charge is 0.328 e. The van der Waals surface area contributed by atoms with E-state index in [0.29, 0.717) is 19.4 Å². The van der Waals surface area contributed by atoms with Gasteiger partial charge < -0.3 is 41.0 Å². The number of ether oxygens (including phenoxy) is 1. The van der Waals surface area contributed by atoms with Gasteiger partial charge in [0.15, 0.2) is 17.3 Å². The number of esters is 1. The molecule has 0 spiro atoms. The minimum atomic E-state index is -1.03. The quantitative estimate of drug-likeness (QED) is 0.182. The molecular weight excluding hydrogens is 408 g/mol. The Hall–Kier alpha value is -3.76. The Kier molecular flexibility index (Phi) is 6.33. The Morgan fingerprint density at radius 2 is 1.77 bits per heavy atom. The van der Waals surface area contributed by atoms with Crippen molar-refractivity contribution >= 4 is 16.9 Å². The first-order valence-electron chi connectivity index (χ1n) is 9.45. The number of carbonyl (C=O) groups excluding carboxylic acids is 1. The molecule has 10 nitrogen and oxygen atoms in total. The van der Waals surface area contributed by atoms with Gasteiger partial charge in [-0.05, 0) is 37.6 Å². The van der Waals surface area contributed by atoms with Crippen LogP contribution in [0.3, 0.4) is 0 Å². The summed E-state index contributed by atoms with van der Waals surface area (Å²) in [7, 11) is 0. The van der Waals surface area contributed by atoms with Crippen LogP contribution >= 0.6 is 0 Å². The van der Waals surface area contributed by atoms with E-state index in [1.165, 1.54) is 6.07 Å². The molecule has 164 valence electrons. The molecular formula is C21H22N2O8. The topological polar surface area (TPSA) is 189 Å². The van der Waals surface area contributed by atoms with Gasteiger partial charge in [0, 0.05) is 17.7 Å². The number of hydrogen-bond acceptors (Lipinski definition) is 10. The van der Waals surface area contributed by atoms with Crippen LogP contribution in [0.5, 0.6) is 28.7 Å². The van der Waals surface area contributed by atoms with Crippen LogP contribution in [0.15, 0.2) is 39.5 Å². The van der Waals surface area contributed by atoms with Crippen molar-refractivity contribution in [2.75, 3.05) is 6.54 Å². The number of hydrogen-bond donors (Lipinski definition) is 6. The maximum absolute atomic E-state index is 13.1. The molecule has 1 aromatic heterocycles. The molecule has 31 heavy (non-hydrogen) atoms. The van der Waals surface area contributed by atoms with Gasteiger partial charge in [0.05, 0.1) is 0 Å². The van der Waals surface area contributed by atoms with Gasteiger partial charge in [0.25, 0.3) is 0 Å². The zero-order valence-corrected chi connectivity index (χ0v) is 16.4. The molecule has 1 heterocycles. The van der Waals surface area contributed by atoms with Crippen molar-refractivity contribution in [1.82, 2.24) is 0 Å². The van der Waals surface area contributed by atoms with Crippen LogP contribution < -0.4 is 21.6 Å². The Morgan fingerprint density at radius 3 is 2.45 bits per heavy atom. The van der Waals surface area contributed by atoms with Gasteiger partial charge in [0.2, 0.25) is 11.2 Å². The van der Waals surface area contributed by atoms with Gasteiger partial charge in [-0.15, -0.1) is 0 Å². The lowest BCUT2D eigenvalue weighted by Crippen LogP contribution is -2.35. The van der Waals surface area contributed by atoms with Crippen LogP contribution in [0.4, 0.5) is 0 Å². The standard InChI is InChI=1S/C21H22N2O8/c22-6-2-1-3-12(23)21(29)31-20-18(28)17-15(27)8-11(24)9-16(17)30-19(20)10-4-5-13(25)14(26)7-10/h4-5,7-9,12,24-27H,1-3,6,22-23H2/t12-/m0/s1. The third kappa shape index (κ3) is 4.55. The van der Waals surface area contributed by atoms with E-state index in [1.807, 2.05) is 0 Å². The second-order valence-corrected chi connectivity index (χ2v) is 6.94. The van der Waals surface area contributed by atoms with Crippen LogP contribution in [0.1, 0.15) is 19.3 Å². The van der Waals surface area contributed by atoms with E-state index in [1.54, 1.807) is 0 Å². The zero-order chi connectivity index (χ0) is 22.7. The van der Waals surface area contributed by atoms with E-state index in [2.05, 4.69) is 0 Å². The third-order valence-electron chi connectivity index (χ3n) is 4.63. The van der Waals surface area contributed by atoms with E-state index in [0.717, 1.165) is 24.3 Å². The van der Waals surface area contributed by atoms with Gasteiger partial charge in [-0.2, -0.15) is 0 Å². The first kappa shape index (κ1) is 21.9. The number of nitrogens with two attached hydrogens (primary N) is 2. The number of phenolic OH excluding ortho intramolecular Hbond substituents is 4. The van der Waals surface area contributed by atoms with Crippen molar-refractivity contribution < 1.29 is 34.4 Å². The number of benzene rings is 2. The predicted octanol–water partition coefficient (Wildman–Crippen LogP) is 1.64. The number of fused-ring (bicyclic) bond motifs is 1. The Bertz CT molecular complexity index is 1190. The van der Waals surface area contributed by atoms with Crippen molar-refractivity contribution in [3.63, 3.8) is 0 Å². The molecule has 8 N–H and O–H groups in total. The molecule has 0 aliphatic rings. The number of aromatic hydroxyl groups is 4. The Labute approximate surface area is 175 Å². The third-order valence-corrected chi connectivity index (χ3v) is 4.63. The summed E-state index contributed by atoms with van der Waals surface area (Å²) in [6.45, 7) is 0.441. The molecule has 0 saturated heterocycles. The molecule has 10 heteroatoms. The summed E-state index contributed by atoms with van der Waals surface area (Å²) in [5, 5.41) is 38.9. The number of rotatable bonds is 7. The van der Waals surface area contributed by atoms with E-state index in [-0.39, 0.29) is 34.5 Å². The minimum absolute atomic E-state index is 0.0941. The van der Waals surface area contributed by atoms with Crippen LogP contribution in [0, 0.1) is 0 Å². The van der Waals surface area contributed by atoms with E-state index in [9.17, 15) is 30.0 Å². The van der Waals surface area contributed by atoms with Crippen molar-refractivity contribution in [2.45, 2.75) is 25.3 Å². The molecule has 1 atom stereocenters. The SMILES string of the molecule is NCCCC[C@H](N)C(=O)Oc1c(-c2ccc(O)c(O)c2)oc2cc(O)cc(O)c2c1=O. The van der Waals surface area contributed by atoms with Gasteiger partial charge >= 0.3 is 5.97 Å². The monoisotopic (exact) mass is 430 g/mol. The molecule has 0 unspecified atom stereocenters.